The van der Waals surface area contributed by atoms with Crippen LogP contribution in [0.5, 0.6) is 0 Å². The Labute approximate surface area is 172 Å². The summed E-state index contributed by atoms with van der Waals surface area (Å²) in [7, 11) is 1.84. The maximum atomic E-state index is 5.88. The van der Waals surface area contributed by atoms with E-state index in [1.807, 2.05) is 7.05 Å². The monoisotopic (exact) mass is 465 g/mol. The molecule has 1 saturated carbocycles. The van der Waals surface area contributed by atoms with Crippen LogP contribution in [0.25, 0.3) is 10.8 Å². The Balaban J connectivity index is 0.00000196. The van der Waals surface area contributed by atoms with Gasteiger partial charge in [0, 0.05) is 37.6 Å². The van der Waals surface area contributed by atoms with E-state index in [1.54, 1.807) is 0 Å². The van der Waals surface area contributed by atoms with Crippen molar-refractivity contribution in [2.45, 2.75) is 39.0 Å². The van der Waals surface area contributed by atoms with Gasteiger partial charge in [-0.05, 0) is 28.8 Å². The second-order valence-corrected chi connectivity index (χ2v) is 7.79. The molecule has 1 heterocycles. The van der Waals surface area contributed by atoms with E-state index in [0.29, 0.717) is 18.1 Å². The summed E-state index contributed by atoms with van der Waals surface area (Å²) in [6.07, 6.45) is 1.54. The molecule has 140 valence electrons. The zero-order valence-electron chi connectivity index (χ0n) is 15.7. The van der Waals surface area contributed by atoms with Gasteiger partial charge in [0.1, 0.15) is 0 Å². The van der Waals surface area contributed by atoms with Crippen molar-refractivity contribution < 1.29 is 4.74 Å². The van der Waals surface area contributed by atoms with Crippen LogP contribution >= 0.6 is 24.0 Å². The molecule has 2 aliphatic rings. The van der Waals surface area contributed by atoms with E-state index < -0.39 is 0 Å². The minimum Gasteiger partial charge on any atom is -0.377 e. The summed E-state index contributed by atoms with van der Waals surface area (Å²) in [6, 6.07) is 15.5. The molecule has 0 aromatic heterocycles. The molecule has 4 nitrogen and oxygen atoms in total. The number of halogens is 1. The smallest absolute Gasteiger partial charge is 0.191 e. The molecule has 0 bridgehead atoms. The van der Waals surface area contributed by atoms with Gasteiger partial charge in [-0.15, -0.1) is 24.0 Å². The summed E-state index contributed by atoms with van der Waals surface area (Å²) >= 11 is 0. The highest BCUT2D eigenvalue weighted by atomic mass is 127. The summed E-state index contributed by atoms with van der Waals surface area (Å²) in [5.41, 5.74) is 1.42. The molecule has 26 heavy (non-hydrogen) atoms. The number of nitrogens with one attached hydrogen (secondary N) is 2. The summed E-state index contributed by atoms with van der Waals surface area (Å²) < 4.78 is 5.88. The summed E-state index contributed by atoms with van der Waals surface area (Å²) in [5.74, 6) is 1.48. The molecule has 2 aromatic rings. The molecule has 0 amide bonds. The molecule has 3 atom stereocenters. The van der Waals surface area contributed by atoms with Crippen LogP contribution in [0.4, 0.5) is 0 Å². The van der Waals surface area contributed by atoms with Gasteiger partial charge in [-0.3, -0.25) is 4.99 Å². The molecule has 2 N–H and O–H groups in total. The van der Waals surface area contributed by atoms with Gasteiger partial charge in [0.15, 0.2) is 5.96 Å². The Morgan fingerprint density at radius 3 is 2.73 bits per heavy atom. The number of benzene rings is 2. The van der Waals surface area contributed by atoms with Crippen LogP contribution in [0.2, 0.25) is 0 Å². The summed E-state index contributed by atoms with van der Waals surface area (Å²) in [6.45, 7) is 6.23. The van der Waals surface area contributed by atoms with E-state index in [0.717, 1.165) is 25.5 Å². The molecule has 3 unspecified atom stereocenters. The number of rotatable bonds is 3. The first-order chi connectivity index (χ1) is 12.1. The maximum Gasteiger partial charge on any atom is 0.191 e. The minimum atomic E-state index is 0. The predicted molar refractivity (Wildman–Crippen MR) is 118 cm³/mol. The van der Waals surface area contributed by atoms with Crippen molar-refractivity contribution in [2.75, 3.05) is 13.7 Å². The van der Waals surface area contributed by atoms with Crippen LogP contribution in [-0.2, 0) is 11.3 Å². The van der Waals surface area contributed by atoms with Crippen LogP contribution < -0.4 is 10.6 Å². The lowest BCUT2D eigenvalue weighted by atomic mass is 9.57. The van der Waals surface area contributed by atoms with Crippen LogP contribution in [0.3, 0.4) is 0 Å². The van der Waals surface area contributed by atoms with Crippen molar-refractivity contribution in [3.8, 4) is 0 Å². The molecule has 0 spiro atoms. The molecule has 1 saturated heterocycles. The standard InChI is InChI=1S/C21H27N3O.HI/c1-21(2)18(17-10-11-25-19(17)21)24-20(22-3)23-13-14-8-9-15-6-4-5-7-16(15)12-14;/h4-9,12,17-19H,10-11,13H2,1-3H3,(H2,22,23,24);1H. The number of hydrogen-bond donors (Lipinski definition) is 2. The Morgan fingerprint density at radius 2 is 1.96 bits per heavy atom. The molecular formula is C21H28IN3O. The lowest BCUT2D eigenvalue weighted by molar-refractivity contribution is -0.106. The van der Waals surface area contributed by atoms with Crippen LogP contribution in [0.1, 0.15) is 25.8 Å². The SMILES string of the molecule is CN=C(NCc1ccc2ccccc2c1)NC1C2CCOC2C1(C)C.I. The average molecular weight is 465 g/mol. The van der Waals surface area contributed by atoms with Crippen molar-refractivity contribution in [2.24, 2.45) is 16.3 Å². The lowest BCUT2D eigenvalue weighted by Gasteiger charge is -2.54. The molecule has 2 aromatic carbocycles. The lowest BCUT2D eigenvalue weighted by Crippen LogP contribution is -2.67. The van der Waals surface area contributed by atoms with E-state index in [4.69, 9.17) is 4.74 Å². The molecule has 1 aliphatic carbocycles. The third-order valence-corrected chi connectivity index (χ3v) is 5.89. The molecular weight excluding hydrogens is 437 g/mol. The van der Waals surface area contributed by atoms with Gasteiger partial charge in [0.2, 0.25) is 0 Å². The highest BCUT2D eigenvalue weighted by Gasteiger charge is 2.59. The minimum absolute atomic E-state index is 0. The average Bonchev–Trinajstić information content (AvgIpc) is 3.09. The van der Waals surface area contributed by atoms with Crippen LogP contribution in [-0.4, -0.2) is 31.8 Å². The van der Waals surface area contributed by atoms with Crippen LogP contribution in [0, 0.1) is 11.3 Å². The number of nitrogens with zero attached hydrogens (tertiary/aromatic N) is 1. The van der Waals surface area contributed by atoms with Gasteiger partial charge in [0.25, 0.3) is 0 Å². The van der Waals surface area contributed by atoms with Gasteiger partial charge < -0.3 is 15.4 Å². The number of ether oxygens (including phenoxy) is 1. The van der Waals surface area contributed by atoms with E-state index in [2.05, 4.69) is 71.9 Å². The Morgan fingerprint density at radius 1 is 1.19 bits per heavy atom. The van der Waals surface area contributed by atoms with E-state index in [9.17, 15) is 0 Å². The maximum absolute atomic E-state index is 5.88. The largest absolute Gasteiger partial charge is 0.377 e. The predicted octanol–water partition coefficient (Wildman–Crippen LogP) is 3.94. The number of fused-ring (bicyclic) bond motifs is 2. The fourth-order valence-corrected chi connectivity index (χ4v) is 4.49. The fraction of sp³-hybridized carbons (Fsp3) is 0.476. The fourth-order valence-electron chi connectivity index (χ4n) is 4.49. The van der Waals surface area contributed by atoms with Crippen molar-refractivity contribution in [1.82, 2.24) is 10.6 Å². The van der Waals surface area contributed by atoms with Crippen molar-refractivity contribution in [3.05, 3.63) is 48.0 Å². The number of guanidine groups is 1. The molecule has 1 aliphatic heterocycles. The first-order valence-corrected chi connectivity index (χ1v) is 9.16. The van der Waals surface area contributed by atoms with Gasteiger partial charge >= 0.3 is 0 Å². The molecule has 0 radical (unpaired) electrons. The molecule has 2 fully saturated rings. The van der Waals surface area contributed by atoms with Crippen LogP contribution in [0.15, 0.2) is 47.5 Å². The summed E-state index contributed by atoms with van der Waals surface area (Å²) in [5, 5.41) is 9.65. The van der Waals surface area contributed by atoms with Crippen molar-refractivity contribution in [1.29, 1.82) is 0 Å². The zero-order chi connectivity index (χ0) is 17.4. The number of aliphatic imine (C=N–C) groups is 1. The van der Waals surface area contributed by atoms with Gasteiger partial charge in [-0.25, -0.2) is 0 Å². The van der Waals surface area contributed by atoms with E-state index in [1.165, 1.54) is 16.3 Å². The Kier molecular flexibility index (Phi) is 5.77. The Hall–Kier alpha value is -1.34. The normalized spacial score (nSPS) is 26.6. The summed E-state index contributed by atoms with van der Waals surface area (Å²) in [4.78, 5) is 4.42. The van der Waals surface area contributed by atoms with E-state index in [-0.39, 0.29) is 29.4 Å². The number of hydrogen-bond acceptors (Lipinski definition) is 2. The van der Waals surface area contributed by atoms with Crippen molar-refractivity contribution >= 4 is 40.7 Å². The second-order valence-electron chi connectivity index (χ2n) is 7.79. The van der Waals surface area contributed by atoms with Gasteiger partial charge in [0.05, 0.1) is 6.10 Å². The molecule has 4 rings (SSSR count). The van der Waals surface area contributed by atoms with Gasteiger partial charge in [-0.1, -0.05) is 50.2 Å². The highest BCUT2D eigenvalue weighted by molar-refractivity contribution is 14.0. The second kappa shape index (κ2) is 7.72. The highest BCUT2D eigenvalue weighted by Crippen LogP contribution is 2.52. The topological polar surface area (TPSA) is 45.7 Å². The third-order valence-electron chi connectivity index (χ3n) is 5.89. The quantitative estimate of drug-likeness (QED) is 0.410. The van der Waals surface area contributed by atoms with Gasteiger partial charge in [-0.2, -0.15) is 0 Å². The Bertz CT molecular complexity index is 805. The first-order valence-electron chi connectivity index (χ1n) is 9.16. The molecule has 5 heteroatoms. The van der Waals surface area contributed by atoms with Crippen molar-refractivity contribution in [3.63, 3.8) is 0 Å². The third kappa shape index (κ3) is 3.43. The van der Waals surface area contributed by atoms with E-state index >= 15 is 0 Å². The zero-order valence-corrected chi connectivity index (χ0v) is 18.0. The first kappa shape index (κ1) is 19.4.